The van der Waals surface area contributed by atoms with Crippen LogP contribution < -0.4 is 21.3 Å². The molecule has 0 unspecified atom stereocenters. The maximum absolute atomic E-state index is 13.1. The molecule has 10 heteroatoms. The van der Waals surface area contributed by atoms with E-state index in [-0.39, 0.29) is 42.2 Å². The van der Waals surface area contributed by atoms with Crippen molar-refractivity contribution in [3.8, 4) is 0 Å². The van der Waals surface area contributed by atoms with Crippen LogP contribution in [0.1, 0.15) is 40.0 Å². The Labute approximate surface area is 234 Å². The van der Waals surface area contributed by atoms with Gasteiger partial charge < -0.3 is 21.3 Å². The van der Waals surface area contributed by atoms with Gasteiger partial charge in [-0.3, -0.25) is 19.2 Å². The predicted molar refractivity (Wildman–Crippen MR) is 153 cm³/mol. The maximum atomic E-state index is 13.1. The average molecular weight is 557 g/mol. The van der Waals surface area contributed by atoms with Crippen LogP contribution in [0.2, 0.25) is 0 Å². The zero-order valence-electron chi connectivity index (χ0n) is 21.7. The lowest BCUT2D eigenvalue weighted by atomic mass is 10.1. The fourth-order valence-corrected chi connectivity index (χ4v) is 3.88. The van der Waals surface area contributed by atoms with Crippen molar-refractivity contribution in [1.82, 2.24) is 0 Å². The lowest BCUT2D eigenvalue weighted by Gasteiger charge is -2.12. The molecule has 0 bridgehead atoms. The summed E-state index contributed by atoms with van der Waals surface area (Å²) in [6.07, 6.45) is 0.230. The number of carbonyl (C=O) groups is 4. The number of carbonyl (C=O) groups excluding carboxylic acids is 4. The fourth-order valence-electron chi connectivity index (χ4n) is 3.88. The van der Waals surface area contributed by atoms with Gasteiger partial charge in [0.05, 0.1) is 22.5 Å². The van der Waals surface area contributed by atoms with Crippen LogP contribution in [0.15, 0.2) is 97.1 Å². The van der Waals surface area contributed by atoms with Gasteiger partial charge in [0, 0.05) is 24.2 Å². The molecular weight excluding hydrogens is 530 g/mol. The first-order valence-corrected chi connectivity index (χ1v) is 12.7. The zero-order chi connectivity index (χ0) is 29.2. The molecule has 4 aromatic carbocycles. The van der Waals surface area contributed by atoms with Crippen molar-refractivity contribution in [1.29, 1.82) is 0 Å². The zero-order valence-corrected chi connectivity index (χ0v) is 21.7. The normalized spacial score (nSPS) is 10.4. The highest BCUT2D eigenvalue weighted by Gasteiger charge is 2.16. The Hall–Kier alpha value is -5.38. The van der Waals surface area contributed by atoms with E-state index < -0.39 is 23.4 Å². The minimum absolute atomic E-state index is 0.00797. The van der Waals surface area contributed by atoms with Crippen molar-refractivity contribution in [2.45, 2.75) is 19.3 Å². The number of nitrogens with one attached hydrogen (secondary N) is 4. The van der Waals surface area contributed by atoms with Crippen molar-refractivity contribution in [3.05, 3.63) is 120 Å². The Morgan fingerprint density at radius 2 is 0.854 bits per heavy atom. The van der Waals surface area contributed by atoms with Gasteiger partial charge in [-0.1, -0.05) is 24.3 Å². The van der Waals surface area contributed by atoms with Crippen LogP contribution in [0.4, 0.5) is 31.5 Å². The van der Waals surface area contributed by atoms with Crippen molar-refractivity contribution in [2.24, 2.45) is 0 Å². The van der Waals surface area contributed by atoms with Crippen LogP contribution in [0.3, 0.4) is 0 Å². The molecule has 4 rings (SSSR count). The van der Waals surface area contributed by atoms with Crippen LogP contribution in [-0.2, 0) is 9.59 Å². The first-order valence-electron chi connectivity index (χ1n) is 12.7. The first-order chi connectivity index (χ1) is 19.8. The number of amides is 4. The molecule has 4 amide bonds. The summed E-state index contributed by atoms with van der Waals surface area (Å²) in [5.74, 6) is -2.59. The van der Waals surface area contributed by atoms with Crippen LogP contribution in [0.5, 0.6) is 0 Å². The molecule has 208 valence electrons. The first kappa shape index (κ1) is 28.6. The molecule has 0 atom stereocenters. The smallest absolute Gasteiger partial charge is 0.257 e. The number of rotatable bonds is 10. The van der Waals surface area contributed by atoms with Crippen molar-refractivity contribution in [2.75, 3.05) is 21.3 Å². The fraction of sp³-hybridized carbons (Fsp3) is 0.0968. The molecule has 4 aromatic rings. The summed E-state index contributed by atoms with van der Waals surface area (Å²) < 4.78 is 26.3. The van der Waals surface area contributed by atoms with Crippen molar-refractivity contribution >= 4 is 46.4 Å². The lowest BCUT2D eigenvalue weighted by Crippen LogP contribution is -2.19. The Balaban J connectivity index is 1.28. The summed E-state index contributed by atoms with van der Waals surface area (Å²) in [5.41, 5.74) is 1.83. The molecule has 0 saturated carbocycles. The summed E-state index contributed by atoms with van der Waals surface area (Å²) in [6.45, 7) is 0. The van der Waals surface area contributed by atoms with Gasteiger partial charge in [0.25, 0.3) is 11.8 Å². The molecule has 0 aliphatic carbocycles. The highest BCUT2D eigenvalue weighted by Crippen LogP contribution is 2.20. The van der Waals surface area contributed by atoms with E-state index in [0.29, 0.717) is 22.7 Å². The molecule has 0 spiro atoms. The minimum atomic E-state index is -0.478. The van der Waals surface area contributed by atoms with E-state index in [0.717, 1.165) is 0 Å². The highest BCUT2D eigenvalue weighted by atomic mass is 19.1. The highest BCUT2D eigenvalue weighted by molar-refractivity contribution is 6.11. The molecule has 0 fully saturated rings. The average Bonchev–Trinajstić information content (AvgIpc) is 2.96. The second-order valence-corrected chi connectivity index (χ2v) is 8.96. The van der Waals surface area contributed by atoms with E-state index in [1.807, 2.05) is 0 Å². The Bertz CT molecular complexity index is 1440. The maximum Gasteiger partial charge on any atom is 0.257 e. The van der Waals surface area contributed by atoms with Crippen LogP contribution >= 0.6 is 0 Å². The summed E-state index contributed by atoms with van der Waals surface area (Å²) in [4.78, 5) is 50.6. The molecule has 0 radical (unpaired) electrons. The number of benzene rings is 4. The van der Waals surface area contributed by atoms with Gasteiger partial charge in [-0.2, -0.15) is 0 Å². The molecule has 8 nitrogen and oxygen atoms in total. The number of halogens is 2. The minimum Gasteiger partial charge on any atom is -0.325 e. The van der Waals surface area contributed by atoms with Gasteiger partial charge in [-0.25, -0.2) is 8.78 Å². The second kappa shape index (κ2) is 13.6. The van der Waals surface area contributed by atoms with E-state index in [2.05, 4.69) is 21.3 Å². The molecule has 0 aromatic heterocycles. The molecule has 41 heavy (non-hydrogen) atoms. The largest absolute Gasteiger partial charge is 0.325 e. The molecule has 0 aliphatic heterocycles. The van der Waals surface area contributed by atoms with E-state index in [9.17, 15) is 28.0 Å². The number of para-hydroxylation sites is 2. The molecule has 4 N–H and O–H groups in total. The van der Waals surface area contributed by atoms with Crippen LogP contribution in [-0.4, -0.2) is 23.6 Å². The van der Waals surface area contributed by atoms with E-state index in [1.165, 1.54) is 48.5 Å². The molecule has 0 aliphatic rings. The second-order valence-electron chi connectivity index (χ2n) is 8.96. The van der Waals surface area contributed by atoms with Crippen molar-refractivity contribution in [3.63, 3.8) is 0 Å². The van der Waals surface area contributed by atoms with E-state index in [1.54, 1.807) is 48.5 Å². The van der Waals surface area contributed by atoms with Gasteiger partial charge in [0.15, 0.2) is 0 Å². The molecular formula is C31H26F2N4O4. The Kier molecular flexibility index (Phi) is 9.50. The van der Waals surface area contributed by atoms with Crippen LogP contribution in [0.25, 0.3) is 0 Å². The standard InChI is InChI=1S/C31H26F2N4O4/c32-20-12-16-22(17-13-20)34-30(40)24-6-1-3-8-26(24)36-28(38)10-5-11-29(39)37-27-9-4-2-7-25(27)31(41)35-23-18-14-21(33)15-19-23/h1-4,6-9,12-19H,5,10-11H2,(H,34,40)(H,35,41)(H,36,38)(H,37,39). The lowest BCUT2D eigenvalue weighted by molar-refractivity contribution is -0.117. The third-order valence-electron chi connectivity index (χ3n) is 5.90. The van der Waals surface area contributed by atoms with Gasteiger partial charge in [-0.15, -0.1) is 0 Å². The summed E-state index contributed by atoms with van der Waals surface area (Å²) in [7, 11) is 0. The Morgan fingerprint density at radius 3 is 1.24 bits per heavy atom. The third-order valence-corrected chi connectivity index (χ3v) is 5.90. The number of anilines is 4. The summed E-state index contributed by atoms with van der Waals surface area (Å²) in [5, 5.41) is 10.7. The SMILES string of the molecule is O=C(CCCC(=O)Nc1ccccc1C(=O)Nc1ccc(F)cc1)Nc1ccccc1C(=O)Nc1ccc(F)cc1. The van der Waals surface area contributed by atoms with Crippen molar-refractivity contribution < 1.29 is 28.0 Å². The van der Waals surface area contributed by atoms with Crippen LogP contribution in [0, 0.1) is 11.6 Å². The predicted octanol–water partition coefficient (Wildman–Crippen LogP) is 6.22. The van der Waals surface area contributed by atoms with E-state index in [4.69, 9.17) is 0 Å². The van der Waals surface area contributed by atoms with Gasteiger partial charge in [0.1, 0.15) is 11.6 Å². The van der Waals surface area contributed by atoms with Gasteiger partial charge in [-0.05, 0) is 79.2 Å². The molecule has 0 heterocycles. The summed E-state index contributed by atoms with van der Waals surface area (Å²) >= 11 is 0. The Morgan fingerprint density at radius 1 is 0.488 bits per heavy atom. The topological polar surface area (TPSA) is 116 Å². The quantitative estimate of drug-likeness (QED) is 0.186. The van der Waals surface area contributed by atoms with Gasteiger partial charge in [0.2, 0.25) is 11.8 Å². The van der Waals surface area contributed by atoms with E-state index >= 15 is 0 Å². The third kappa shape index (κ3) is 8.30. The monoisotopic (exact) mass is 556 g/mol. The number of hydrogen-bond acceptors (Lipinski definition) is 4. The number of hydrogen-bond donors (Lipinski definition) is 4. The van der Waals surface area contributed by atoms with Gasteiger partial charge >= 0.3 is 0 Å². The summed E-state index contributed by atoms with van der Waals surface area (Å²) in [6, 6.07) is 23.5. The molecule has 0 saturated heterocycles.